The maximum Gasteiger partial charge on any atom is 0.440 e. The zero-order chi connectivity index (χ0) is 10.6. The van der Waals surface area contributed by atoms with Crippen LogP contribution in [0.4, 0.5) is 0 Å². The lowest BCUT2D eigenvalue weighted by atomic mass is 9.58. The van der Waals surface area contributed by atoms with Crippen LogP contribution in [0.25, 0.3) is 0 Å². The fraction of sp³-hybridized carbons (Fsp3) is 0. The molecule has 0 aromatic carbocycles. The highest BCUT2D eigenvalue weighted by molar-refractivity contribution is 6.97. The van der Waals surface area contributed by atoms with Gasteiger partial charge in [-0.1, -0.05) is 0 Å². The van der Waals surface area contributed by atoms with E-state index in [2.05, 4.69) is 10.2 Å². The van der Waals surface area contributed by atoms with Crippen LogP contribution in [-0.2, 0) is 0 Å². The van der Waals surface area contributed by atoms with Gasteiger partial charge in [0.1, 0.15) is 29.5 Å². The number of hydrogen-bond acceptors (Lipinski definition) is 6. The molecule has 14 heavy (non-hydrogen) atoms. The SMILES string of the molecule is N#CB1NC(C#N)=C(C#N)N=C1C#N. The first-order chi connectivity index (χ1) is 6.76. The summed E-state index contributed by atoms with van der Waals surface area (Å²) in [5.41, 5.74) is -0.364. The summed E-state index contributed by atoms with van der Waals surface area (Å²) < 4.78 is 0. The summed E-state index contributed by atoms with van der Waals surface area (Å²) in [7, 11) is 0. The van der Waals surface area contributed by atoms with Gasteiger partial charge in [-0.3, -0.25) is 0 Å². The van der Waals surface area contributed by atoms with Gasteiger partial charge in [-0.05, 0) is 0 Å². The molecule has 0 aromatic rings. The van der Waals surface area contributed by atoms with Crippen LogP contribution >= 0.6 is 0 Å². The molecule has 0 radical (unpaired) electrons. The molecule has 0 fully saturated rings. The van der Waals surface area contributed by atoms with Crippen LogP contribution in [0.1, 0.15) is 0 Å². The number of hydrogen-bond donors (Lipinski definition) is 1. The predicted octanol–water partition coefficient (Wildman–Crippen LogP) is -0.594. The lowest BCUT2D eigenvalue weighted by molar-refractivity contribution is 1.15. The van der Waals surface area contributed by atoms with Crippen LogP contribution < -0.4 is 5.23 Å². The third kappa shape index (κ3) is 1.39. The molecule has 0 atom stereocenters. The average molecular weight is 180 g/mol. The van der Waals surface area contributed by atoms with E-state index in [0.717, 1.165) is 0 Å². The molecule has 0 bridgehead atoms. The Bertz CT molecular complexity index is 488. The first kappa shape index (κ1) is 9.32. The maximum atomic E-state index is 8.61. The Kier molecular flexibility index (Phi) is 2.50. The Morgan fingerprint density at radius 1 is 1.07 bits per heavy atom. The van der Waals surface area contributed by atoms with Gasteiger partial charge in [0.15, 0.2) is 5.70 Å². The van der Waals surface area contributed by atoms with Gasteiger partial charge in [0.05, 0.1) is 0 Å². The quantitative estimate of drug-likeness (QED) is 0.499. The Morgan fingerprint density at radius 3 is 2.21 bits per heavy atom. The zero-order valence-corrected chi connectivity index (χ0v) is 6.81. The minimum Gasteiger partial charge on any atom is -0.399 e. The summed E-state index contributed by atoms with van der Waals surface area (Å²) >= 11 is 0. The number of nitriles is 4. The number of nitrogens with zero attached hydrogens (tertiary/aromatic N) is 5. The summed E-state index contributed by atoms with van der Waals surface area (Å²) in [5.74, 6) is 1.75. The molecule has 0 spiro atoms. The van der Waals surface area contributed by atoms with Crippen molar-refractivity contribution < 1.29 is 0 Å². The normalized spacial score (nSPS) is 14.0. The molecule has 6 nitrogen and oxygen atoms in total. The average Bonchev–Trinajstić information content (AvgIpc) is 2.26. The molecular weight excluding hydrogens is 179 g/mol. The second-order valence-corrected chi connectivity index (χ2v) is 2.26. The molecular formula is C7HBN6. The van der Waals surface area contributed by atoms with Crippen molar-refractivity contribution in [3.8, 4) is 24.2 Å². The lowest BCUT2D eigenvalue weighted by Gasteiger charge is -2.11. The van der Waals surface area contributed by atoms with Crippen molar-refractivity contribution in [3.63, 3.8) is 0 Å². The summed E-state index contributed by atoms with van der Waals surface area (Å²) in [5, 5.41) is 36.8. The van der Waals surface area contributed by atoms with E-state index in [1.54, 1.807) is 24.2 Å². The first-order valence-corrected chi connectivity index (χ1v) is 3.46. The van der Waals surface area contributed by atoms with Gasteiger partial charge in [-0.2, -0.15) is 15.8 Å². The van der Waals surface area contributed by atoms with E-state index in [9.17, 15) is 0 Å². The number of allylic oxidation sites excluding steroid dienone is 2. The molecule has 1 rings (SSSR count). The van der Waals surface area contributed by atoms with Crippen LogP contribution in [0, 0.1) is 45.2 Å². The molecule has 62 valence electrons. The van der Waals surface area contributed by atoms with Crippen LogP contribution in [0.5, 0.6) is 0 Å². The van der Waals surface area contributed by atoms with Gasteiger partial charge in [0.25, 0.3) is 0 Å². The minimum absolute atomic E-state index is 0.0851. The Hall–Kier alpha value is -2.77. The highest BCUT2D eigenvalue weighted by Gasteiger charge is 2.29. The molecule has 7 heteroatoms. The van der Waals surface area contributed by atoms with Crippen LogP contribution in [0.2, 0.25) is 0 Å². The van der Waals surface area contributed by atoms with Crippen molar-refractivity contribution in [1.82, 2.24) is 5.23 Å². The van der Waals surface area contributed by atoms with E-state index in [1.807, 2.05) is 0 Å². The second kappa shape index (κ2) is 3.76. The minimum atomic E-state index is -0.952. The Balaban J connectivity index is 3.25. The van der Waals surface area contributed by atoms with Crippen molar-refractivity contribution in [2.45, 2.75) is 0 Å². The maximum absolute atomic E-state index is 8.61. The molecule has 0 aliphatic carbocycles. The van der Waals surface area contributed by atoms with Crippen LogP contribution in [0.3, 0.4) is 0 Å². The number of rotatable bonds is 0. The smallest absolute Gasteiger partial charge is 0.399 e. The largest absolute Gasteiger partial charge is 0.440 e. The lowest BCUT2D eigenvalue weighted by Crippen LogP contribution is -2.42. The third-order valence-corrected chi connectivity index (χ3v) is 1.49. The summed E-state index contributed by atoms with van der Waals surface area (Å²) in [6.07, 6.45) is 0. The van der Waals surface area contributed by atoms with E-state index >= 15 is 0 Å². The molecule has 0 saturated heterocycles. The van der Waals surface area contributed by atoms with Crippen molar-refractivity contribution in [2.75, 3.05) is 0 Å². The standard InChI is InChI=1S/C7HBN6/c9-1-5-6(2-10)14-8(4-12)7(3-11)13-5/h14H. The topological polar surface area (TPSA) is 120 Å². The van der Waals surface area contributed by atoms with E-state index in [-0.39, 0.29) is 17.0 Å². The molecule has 0 unspecified atom stereocenters. The highest BCUT2D eigenvalue weighted by atomic mass is 14.9. The predicted molar refractivity (Wildman–Crippen MR) is 45.8 cm³/mol. The van der Waals surface area contributed by atoms with E-state index < -0.39 is 6.85 Å². The van der Waals surface area contributed by atoms with E-state index in [4.69, 9.17) is 21.0 Å². The molecule has 1 N–H and O–H groups in total. The van der Waals surface area contributed by atoms with Gasteiger partial charge in [-0.25, -0.2) is 10.3 Å². The van der Waals surface area contributed by atoms with Gasteiger partial charge in [0.2, 0.25) is 0 Å². The summed E-state index contributed by atoms with van der Waals surface area (Å²) in [6.45, 7) is -0.952. The van der Waals surface area contributed by atoms with Gasteiger partial charge in [-0.15, -0.1) is 0 Å². The van der Waals surface area contributed by atoms with E-state index in [1.165, 1.54) is 0 Å². The fourth-order valence-electron chi connectivity index (χ4n) is 0.871. The van der Waals surface area contributed by atoms with Gasteiger partial charge >= 0.3 is 6.85 Å². The number of nitrogens with one attached hydrogen (secondary N) is 1. The van der Waals surface area contributed by atoms with Crippen LogP contribution in [0.15, 0.2) is 16.4 Å². The monoisotopic (exact) mass is 180 g/mol. The Morgan fingerprint density at radius 2 is 1.79 bits per heavy atom. The third-order valence-electron chi connectivity index (χ3n) is 1.49. The molecule has 1 heterocycles. The van der Waals surface area contributed by atoms with Crippen molar-refractivity contribution in [3.05, 3.63) is 11.4 Å². The van der Waals surface area contributed by atoms with Crippen LogP contribution in [-0.4, -0.2) is 12.5 Å². The Labute approximate surface area is 80.1 Å². The van der Waals surface area contributed by atoms with E-state index in [0.29, 0.717) is 0 Å². The molecule has 1 aliphatic rings. The summed E-state index contributed by atoms with van der Waals surface area (Å²) in [6, 6.07) is 5.04. The molecule has 1 aliphatic heterocycles. The molecule has 0 saturated carbocycles. The first-order valence-electron chi connectivity index (χ1n) is 3.46. The zero-order valence-electron chi connectivity index (χ0n) is 6.81. The fourth-order valence-corrected chi connectivity index (χ4v) is 0.871. The second-order valence-electron chi connectivity index (χ2n) is 2.26. The van der Waals surface area contributed by atoms with Gasteiger partial charge < -0.3 is 5.23 Å². The van der Waals surface area contributed by atoms with Crippen molar-refractivity contribution >= 4 is 12.5 Å². The van der Waals surface area contributed by atoms with Crippen molar-refractivity contribution in [1.29, 1.82) is 21.0 Å². The summed E-state index contributed by atoms with van der Waals surface area (Å²) in [4.78, 5) is 3.59. The molecule has 0 amide bonds. The van der Waals surface area contributed by atoms with Gasteiger partial charge in [0, 0.05) is 5.97 Å². The van der Waals surface area contributed by atoms with Crippen molar-refractivity contribution in [2.24, 2.45) is 4.99 Å². The number of aliphatic imine (C=N–C) groups is 1. The highest BCUT2D eigenvalue weighted by Crippen LogP contribution is 2.08. The molecule has 0 aromatic heterocycles.